The molecule has 0 unspecified atom stereocenters. The van der Waals surface area contributed by atoms with E-state index in [0.717, 1.165) is 18.9 Å². The molecule has 7 nitrogen and oxygen atoms in total. The van der Waals surface area contributed by atoms with Crippen LogP contribution in [0.3, 0.4) is 0 Å². The highest BCUT2D eigenvalue weighted by molar-refractivity contribution is 5.97. The molecule has 1 aliphatic heterocycles. The summed E-state index contributed by atoms with van der Waals surface area (Å²) in [6.07, 6.45) is 1.51. The normalized spacial score (nSPS) is 15.3. The van der Waals surface area contributed by atoms with Gasteiger partial charge in [0.05, 0.1) is 25.9 Å². The Morgan fingerprint density at radius 2 is 2.00 bits per heavy atom. The number of pyridine rings is 1. The second-order valence-electron chi connectivity index (χ2n) is 5.58. The van der Waals surface area contributed by atoms with E-state index in [1.165, 1.54) is 13.3 Å². The minimum Gasteiger partial charge on any atom is -0.467 e. The van der Waals surface area contributed by atoms with E-state index in [1.807, 2.05) is 0 Å². The average Bonchev–Trinajstić information content (AvgIpc) is 2.54. The van der Waals surface area contributed by atoms with Crippen molar-refractivity contribution in [3.8, 4) is 0 Å². The standard InChI is InChI=1S/C15H21N3O4/c1-15(2,14(20)21-3)17-13(19)11-4-5-12(16-10-11)18-6-8-22-9-7-18/h4-5,10H,6-9H2,1-3H3,(H,17,19). The lowest BCUT2D eigenvalue weighted by molar-refractivity contribution is -0.146. The van der Waals surface area contributed by atoms with E-state index < -0.39 is 11.5 Å². The highest BCUT2D eigenvalue weighted by Gasteiger charge is 2.30. The summed E-state index contributed by atoms with van der Waals surface area (Å²) >= 11 is 0. The van der Waals surface area contributed by atoms with Gasteiger partial charge in [-0.25, -0.2) is 9.78 Å². The maximum absolute atomic E-state index is 12.2. The van der Waals surface area contributed by atoms with Crippen LogP contribution in [-0.4, -0.2) is 55.8 Å². The van der Waals surface area contributed by atoms with Crippen LogP contribution in [0.25, 0.3) is 0 Å². The lowest BCUT2D eigenvalue weighted by Crippen LogP contribution is -2.50. The van der Waals surface area contributed by atoms with Crippen molar-refractivity contribution in [2.75, 3.05) is 38.3 Å². The number of anilines is 1. The number of esters is 1. The fourth-order valence-electron chi connectivity index (χ4n) is 2.16. The summed E-state index contributed by atoms with van der Waals surface area (Å²) in [7, 11) is 1.29. The fourth-order valence-corrected chi connectivity index (χ4v) is 2.16. The Bertz CT molecular complexity index is 536. The van der Waals surface area contributed by atoms with E-state index in [0.29, 0.717) is 18.8 Å². The number of rotatable bonds is 4. The Kier molecular flexibility index (Phi) is 4.97. The molecule has 1 aromatic rings. The lowest BCUT2D eigenvalue weighted by Gasteiger charge is -2.28. The molecule has 2 rings (SSSR count). The first-order chi connectivity index (χ1) is 10.4. The maximum atomic E-state index is 12.2. The summed E-state index contributed by atoms with van der Waals surface area (Å²) < 4.78 is 9.96. The van der Waals surface area contributed by atoms with Gasteiger partial charge in [-0.1, -0.05) is 0 Å². The minimum absolute atomic E-state index is 0.364. The zero-order valence-electron chi connectivity index (χ0n) is 13.1. The third kappa shape index (κ3) is 3.73. The molecule has 0 spiro atoms. The molecular formula is C15H21N3O4. The van der Waals surface area contributed by atoms with Crippen molar-refractivity contribution in [1.29, 1.82) is 0 Å². The Labute approximate surface area is 129 Å². The first kappa shape index (κ1) is 16.2. The summed E-state index contributed by atoms with van der Waals surface area (Å²) in [6.45, 7) is 6.11. The summed E-state index contributed by atoms with van der Waals surface area (Å²) in [4.78, 5) is 30.2. The number of aromatic nitrogens is 1. The number of ether oxygens (including phenoxy) is 2. The Balaban J connectivity index is 2.03. The highest BCUT2D eigenvalue weighted by atomic mass is 16.5. The number of nitrogens with zero attached hydrogens (tertiary/aromatic N) is 2. The van der Waals surface area contributed by atoms with Gasteiger partial charge in [0, 0.05) is 19.3 Å². The Morgan fingerprint density at radius 3 is 2.55 bits per heavy atom. The molecule has 0 bridgehead atoms. The van der Waals surface area contributed by atoms with Crippen LogP contribution in [0.1, 0.15) is 24.2 Å². The van der Waals surface area contributed by atoms with E-state index in [9.17, 15) is 9.59 Å². The first-order valence-electron chi connectivity index (χ1n) is 7.14. The van der Waals surface area contributed by atoms with E-state index in [-0.39, 0.29) is 5.91 Å². The number of amides is 1. The van der Waals surface area contributed by atoms with Crippen LogP contribution < -0.4 is 10.2 Å². The SMILES string of the molecule is COC(=O)C(C)(C)NC(=O)c1ccc(N2CCOCC2)nc1. The van der Waals surface area contributed by atoms with Crippen LogP contribution >= 0.6 is 0 Å². The molecule has 1 saturated heterocycles. The zero-order valence-corrected chi connectivity index (χ0v) is 13.1. The second kappa shape index (κ2) is 6.74. The van der Waals surface area contributed by atoms with Gasteiger partial charge in [-0.2, -0.15) is 0 Å². The monoisotopic (exact) mass is 307 g/mol. The van der Waals surface area contributed by atoms with Crippen molar-refractivity contribution in [2.45, 2.75) is 19.4 Å². The summed E-state index contributed by atoms with van der Waals surface area (Å²) in [6, 6.07) is 3.49. The van der Waals surface area contributed by atoms with Crippen LogP contribution in [0.4, 0.5) is 5.82 Å². The Hall–Kier alpha value is -2.15. The summed E-state index contributed by atoms with van der Waals surface area (Å²) in [5, 5.41) is 2.64. The first-order valence-corrected chi connectivity index (χ1v) is 7.14. The molecule has 2 heterocycles. The lowest BCUT2D eigenvalue weighted by atomic mass is 10.1. The van der Waals surface area contributed by atoms with Crippen molar-refractivity contribution in [3.63, 3.8) is 0 Å². The number of hydrogen-bond donors (Lipinski definition) is 1. The van der Waals surface area contributed by atoms with Gasteiger partial charge in [-0.3, -0.25) is 4.79 Å². The average molecular weight is 307 g/mol. The number of hydrogen-bond acceptors (Lipinski definition) is 6. The van der Waals surface area contributed by atoms with E-state index in [2.05, 4.69) is 19.9 Å². The molecule has 7 heteroatoms. The molecule has 120 valence electrons. The number of morpholine rings is 1. The predicted octanol–water partition coefficient (Wildman–Crippen LogP) is 0.600. The van der Waals surface area contributed by atoms with E-state index in [4.69, 9.17) is 4.74 Å². The van der Waals surface area contributed by atoms with E-state index >= 15 is 0 Å². The highest BCUT2D eigenvalue weighted by Crippen LogP contribution is 2.14. The van der Waals surface area contributed by atoms with Gasteiger partial charge in [-0.15, -0.1) is 0 Å². The fraction of sp³-hybridized carbons (Fsp3) is 0.533. The van der Waals surface area contributed by atoms with Gasteiger partial charge in [-0.05, 0) is 26.0 Å². The topological polar surface area (TPSA) is 80.8 Å². The molecule has 0 atom stereocenters. The maximum Gasteiger partial charge on any atom is 0.330 e. The number of methoxy groups -OCH3 is 1. The van der Waals surface area contributed by atoms with Crippen LogP contribution in [0, 0.1) is 0 Å². The minimum atomic E-state index is -1.09. The van der Waals surface area contributed by atoms with Gasteiger partial charge < -0.3 is 19.7 Å². The van der Waals surface area contributed by atoms with Crippen molar-refractivity contribution < 1.29 is 19.1 Å². The molecule has 0 aliphatic carbocycles. The quantitative estimate of drug-likeness (QED) is 0.821. The molecule has 0 aromatic carbocycles. The molecule has 1 fully saturated rings. The molecule has 1 aliphatic rings. The van der Waals surface area contributed by atoms with Crippen molar-refractivity contribution >= 4 is 17.7 Å². The van der Waals surface area contributed by atoms with Crippen molar-refractivity contribution in [2.24, 2.45) is 0 Å². The van der Waals surface area contributed by atoms with Gasteiger partial charge in [0.2, 0.25) is 0 Å². The second-order valence-corrected chi connectivity index (χ2v) is 5.58. The van der Waals surface area contributed by atoms with Crippen molar-refractivity contribution in [1.82, 2.24) is 10.3 Å². The molecular weight excluding hydrogens is 286 g/mol. The van der Waals surface area contributed by atoms with Gasteiger partial charge >= 0.3 is 5.97 Å². The summed E-state index contributed by atoms with van der Waals surface area (Å²) in [5.41, 5.74) is -0.691. The molecule has 1 N–H and O–H groups in total. The molecule has 0 radical (unpaired) electrons. The van der Waals surface area contributed by atoms with Crippen molar-refractivity contribution in [3.05, 3.63) is 23.9 Å². The van der Waals surface area contributed by atoms with Gasteiger partial charge in [0.25, 0.3) is 5.91 Å². The van der Waals surface area contributed by atoms with Crippen LogP contribution in [-0.2, 0) is 14.3 Å². The van der Waals surface area contributed by atoms with Crippen LogP contribution in [0.2, 0.25) is 0 Å². The number of carbonyl (C=O) groups is 2. The predicted molar refractivity (Wildman–Crippen MR) is 80.8 cm³/mol. The van der Waals surface area contributed by atoms with Crippen LogP contribution in [0.15, 0.2) is 18.3 Å². The third-order valence-electron chi connectivity index (χ3n) is 3.47. The molecule has 0 saturated carbocycles. The third-order valence-corrected chi connectivity index (χ3v) is 3.47. The van der Waals surface area contributed by atoms with Gasteiger partial charge in [0.1, 0.15) is 11.4 Å². The molecule has 22 heavy (non-hydrogen) atoms. The van der Waals surface area contributed by atoms with Gasteiger partial charge in [0.15, 0.2) is 0 Å². The molecule has 1 aromatic heterocycles. The molecule has 1 amide bonds. The number of carbonyl (C=O) groups excluding carboxylic acids is 2. The van der Waals surface area contributed by atoms with Crippen LogP contribution in [0.5, 0.6) is 0 Å². The Morgan fingerprint density at radius 1 is 1.32 bits per heavy atom. The number of nitrogens with one attached hydrogen (secondary N) is 1. The van der Waals surface area contributed by atoms with E-state index in [1.54, 1.807) is 26.0 Å². The smallest absolute Gasteiger partial charge is 0.330 e. The largest absolute Gasteiger partial charge is 0.467 e. The zero-order chi connectivity index (χ0) is 16.2. The summed E-state index contributed by atoms with van der Waals surface area (Å²) in [5.74, 6) is -0.0535.